The van der Waals surface area contributed by atoms with E-state index in [1.165, 1.54) is 5.56 Å². The predicted octanol–water partition coefficient (Wildman–Crippen LogP) is 2.46. The second-order valence-electron chi connectivity index (χ2n) is 3.53. The van der Waals surface area contributed by atoms with Gasteiger partial charge in [0.15, 0.2) is 0 Å². The van der Waals surface area contributed by atoms with E-state index in [0.717, 1.165) is 30.3 Å². The van der Waals surface area contributed by atoms with Crippen LogP contribution in [-0.2, 0) is 6.42 Å². The lowest BCUT2D eigenvalue weighted by Crippen LogP contribution is -2.19. The fourth-order valence-corrected chi connectivity index (χ4v) is 2.82. The first-order chi connectivity index (χ1) is 8.45. The van der Waals surface area contributed by atoms with Crippen LogP contribution in [0.3, 0.4) is 0 Å². The molecule has 2 heterocycles. The number of hydrogen-bond donors (Lipinski definition) is 1. The van der Waals surface area contributed by atoms with Crippen LogP contribution in [-0.4, -0.2) is 28.8 Å². The zero-order valence-electron chi connectivity index (χ0n) is 9.50. The second kappa shape index (κ2) is 7.42. The molecule has 0 aliphatic rings. The monoisotopic (exact) mass is 265 g/mol. The summed E-state index contributed by atoms with van der Waals surface area (Å²) in [6.07, 6.45) is 4.48. The van der Waals surface area contributed by atoms with Gasteiger partial charge in [0.2, 0.25) is 0 Å². The van der Waals surface area contributed by atoms with E-state index in [4.69, 9.17) is 0 Å². The summed E-state index contributed by atoms with van der Waals surface area (Å²) in [6, 6.07) is 4.12. The van der Waals surface area contributed by atoms with Crippen molar-refractivity contribution in [3.8, 4) is 0 Å². The van der Waals surface area contributed by atoms with Gasteiger partial charge in [-0.1, -0.05) is 0 Å². The molecular formula is C12H15N3S2. The molecule has 0 amide bonds. The topological polar surface area (TPSA) is 37.8 Å². The van der Waals surface area contributed by atoms with Gasteiger partial charge in [0.05, 0.1) is 5.03 Å². The maximum absolute atomic E-state index is 4.16. The van der Waals surface area contributed by atoms with Crippen molar-refractivity contribution >= 4 is 23.1 Å². The molecule has 0 radical (unpaired) electrons. The smallest absolute Gasteiger partial charge is 0.116 e. The minimum absolute atomic E-state index is 1.01. The number of nitrogens with zero attached hydrogens (tertiary/aromatic N) is 2. The number of thioether (sulfide) groups is 1. The van der Waals surface area contributed by atoms with Gasteiger partial charge >= 0.3 is 0 Å². The zero-order chi connectivity index (χ0) is 11.8. The molecule has 0 saturated heterocycles. The lowest BCUT2D eigenvalue weighted by molar-refractivity contribution is 0.722. The van der Waals surface area contributed by atoms with Crippen LogP contribution in [0.15, 0.2) is 40.4 Å². The first-order valence-corrected chi connectivity index (χ1v) is 7.48. The molecule has 0 bridgehead atoms. The van der Waals surface area contributed by atoms with E-state index in [-0.39, 0.29) is 0 Å². The van der Waals surface area contributed by atoms with Gasteiger partial charge in [-0.3, -0.25) is 0 Å². The fraction of sp³-hybridized carbons (Fsp3) is 0.333. The Morgan fingerprint density at radius 1 is 1.29 bits per heavy atom. The first-order valence-electron chi connectivity index (χ1n) is 5.56. The molecule has 0 spiro atoms. The third-order valence-corrected chi connectivity index (χ3v) is 3.93. The van der Waals surface area contributed by atoms with Gasteiger partial charge in [-0.15, -0.1) is 11.8 Å². The highest BCUT2D eigenvalue weighted by molar-refractivity contribution is 7.99. The Morgan fingerprint density at radius 3 is 3.06 bits per heavy atom. The van der Waals surface area contributed by atoms with Gasteiger partial charge in [0.25, 0.3) is 0 Å². The number of thiophene rings is 1. The van der Waals surface area contributed by atoms with Crippen molar-refractivity contribution in [1.29, 1.82) is 0 Å². The minimum Gasteiger partial charge on any atom is -0.316 e. The molecule has 2 rings (SSSR count). The van der Waals surface area contributed by atoms with Gasteiger partial charge in [-0.05, 0) is 41.4 Å². The van der Waals surface area contributed by atoms with Gasteiger partial charge in [-0.2, -0.15) is 11.3 Å². The Labute approximate surface area is 110 Å². The molecule has 0 saturated carbocycles. The van der Waals surface area contributed by atoms with Gasteiger partial charge in [0, 0.05) is 18.5 Å². The van der Waals surface area contributed by atoms with Gasteiger partial charge < -0.3 is 5.32 Å². The molecule has 2 aromatic rings. The first kappa shape index (κ1) is 12.5. The molecule has 0 atom stereocenters. The molecule has 3 nitrogen and oxygen atoms in total. The second-order valence-corrected chi connectivity index (χ2v) is 5.42. The Morgan fingerprint density at radius 2 is 2.29 bits per heavy atom. The van der Waals surface area contributed by atoms with E-state index < -0.39 is 0 Å². The Balaban J connectivity index is 1.52. The quantitative estimate of drug-likeness (QED) is 0.474. The summed E-state index contributed by atoms with van der Waals surface area (Å²) < 4.78 is 0. The number of rotatable bonds is 7. The average Bonchev–Trinajstić information content (AvgIpc) is 2.88. The van der Waals surface area contributed by atoms with Gasteiger partial charge in [0.1, 0.15) is 6.33 Å². The van der Waals surface area contributed by atoms with Crippen molar-refractivity contribution in [3.05, 3.63) is 41.0 Å². The molecule has 1 N–H and O–H groups in total. The summed E-state index contributed by atoms with van der Waals surface area (Å²) in [5.74, 6) is 1.04. The predicted molar refractivity (Wildman–Crippen MR) is 73.6 cm³/mol. The van der Waals surface area contributed by atoms with Crippen LogP contribution >= 0.6 is 23.1 Å². The average molecular weight is 265 g/mol. The van der Waals surface area contributed by atoms with Crippen molar-refractivity contribution in [1.82, 2.24) is 15.3 Å². The van der Waals surface area contributed by atoms with E-state index >= 15 is 0 Å². The van der Waals surface area contributed by atoms with Crippen LogP contribution in [0.4, 0.5) is 0 Å². The molecule has 0 fully saturated rings. The van der Waals surface area contributed by atoms with Crippen molar-refractivity contribution in [2.75, 3.05) is 18.8 Å². The highest BCUT2D eigenvalue weighted by Crippen LogP contribution is 2.11. The summed E-state index contributed by atoms with van der Waals surface area (Å²) in [7, 11) is 0. The van der Waals surface area contributed by atoms with Crippen LogP contribution in [0.1, 0.15) is 5.56 Å². The SMILES string of the molecule is c1cc(SCCNCCc2ccsc2)ncn1. The van der Waals surface area contributed by atoms with E-state index in [9.17, 15) is 0 Å². The molecular weight excluding hydrogens is 250 g/mol. The summed E-state index contributed by atoms with van der Waals surface area (Å²) >= 11 is 3.52. The summed E-state index contributed by atoms with van der Waals surface area (Å²) in [5, 5.41) is 8.81. The van der Waals surface area contributed by atoms with Crippen LogP contribution < -0.4 is 5.32 Å². The Hall–Kier alpha value is -0.910. The van der Waals surface area contributed by atoms with E-state index in [2.05, 4.69) is 32.1 Å². The third-order valence-electron chi connectivity index (χ3n) is 2.25. The van der Waals surface area contributed by atoms with Crippen LogP contribution in [0.5, 0.6) is 0 Å². The lowest BCUT2D eigenvalue weighted by atomic mass is 10.2. The van der Waals surface area contributed by atoms with Crippen molar-refractivity contribution in [2.24, 2.45) is 0 Å². The summed E-state index contributed by atoms with van der Waals surface area (Å²) in [6.45, 7) is 2.06. The van der Waals surface area contributed by atoms with Gasteiger partial charge in [-0.25, -0.2) is 9.97 Å². The maximum Gasteiger partial charge on any atom is 0.116 e. The largest absolute Gasteiger partial charge is 0.316 e. The van der Waals surface area contributed by atoms with E-state index in [1.54, 1.807) is 35.6 Å². The molecule has 0 aromatic carbocycles. The van der Waals surface area contributed by atoms with Crippen molar-refractivity contribution in [3.63, 3.8) is 0 Å². The number of nitrogens with one attached hydrogen (secondary N) is 1. The van der Waals surface area contributed by atoms with Crippen molar-refractivity contribution < 1.29 is 0 Å². The van der Waals surface area contributed by atoms with Crippen LogP contribution in [0.25, 0.3) is 0 Å². The lowest BCUT2D eigenvalue weighted by Gasteiger charge is -2.03. The fourth-order valence-electron chi connectivity index (χ4n) is 1.38. The summed E-state index contributed by atoms with van der Waals surface area (Å²) in [5.41, 5.74) is 1.42. The van der Waals surface area contributed by atoms with Crippen LogP contribution in [0.2, 0.25) is 0 Å². The van der Waals surface area contributed by atoms with Crippen LogP contribution in [0, 0.1) is 0 Å². The molecule has 5 heteroatoms. The van der Waals surface area contributed by atoms with E-state index in [1.807, 2.05) is 6.07 Å². The van der Waals surface area contributed by atoms with E-state index in [0.29, 0.717) is 0 Å². The number of hydrogen-bond acceptors (Lipinski definition) is 5. The highest BCUT2D eigenvalue weighted by Gasteiger charge is 1.95. The molecule has 0 aliphatic heterocycles. The summed E-state index contributed by atoms with van der Waals surface area (Å²) in [4.78, 5) is 8.06. The molecule has 0 aliphatic carbocycles. The minimum atomic E-state index is 1.01. The maximum atomic E-state index is 4.16. The normalized spacial score (nSPS) is 10.6. The highest BCUT2D eigenvalue weighted by atomic mass is 32.2. The zero-order valence-corrected chi connectivity index (χ0v) is 11.1. The molecule has 90 valence electrons. The molecule has 17 heavy (non-hydrogen) atoms. The molecule has 0 unspecified atom stereocenters. The van der Waals surface area contributed by atoms with Crippen molar-refractivity contribution in [2.45, 2.75) is 11.4 Å². The third kappa shape index (κ3) is 4.85. The standard InChI is InChI=1S/C12H15N3S2/c1(11-3-7-16-9-11)4-13-6-8-17-12-2-5-14-10-15-12/h2-3,5,7,9-10,13H,1,4,6,8H2. The Kier molecular flexibility index (Phi) is 5.48. The Bertz CT molecular complexity index is 403. The number of aromatic nitrogens is 2. The molecule has 2 aromatic heterocycles.